The summed E-state index contributed by atoms with van der Waals surface area (Å²) in [4.78, 5) is 60.8. The van der Waals surface area contributed by atoms with E-state index in [1.165, 1.54) is 27.8 Å². The van der Waals surface area contributed by atoms with Crippen molar-refractivity contribution in [3.05, 3.63) is 496 Å². The Morgan fingerprint density at radius 1 is 0.125 bits per heavy atom. The lowest BCUT2D eigenvalue weighted by Crippen LogP contribution is -2.01. The van der Waals surface area contributed by atoms with E-state index in [4.69, 9.17) is 59.8 Å². The van der Waals surface area contributed by atoms with Gasteiger partial charge in [0.2, 0.25) is 0 Å². The molecule has 12 nitrogen and oxygen atoms in total. The van der Waals surface area contributed by atoms with E-state index in [0.717, 1.165) is 182 Å². The lowest BCUT2D eigenvalue weighted by molar-refractivity contribution is 0.933. The summed E-state index contributed by atoms with van der Waals surface area (Å²) in [6.45, 7) is 0. The lowest BCUT2D eigenvalue weighted by atomic mass is 9.86. The van der Waals surface area contributed by atoms with Crippen molar-refractivity contribution in [2.75, 3.05) is 0 Å². The molecule has 6 heterocycles. The number of pyridine rings is 3. The van der Waals surface area contributed by atoms with Gasteiger partial charge in [0.05, 0.1) is 17.1 Å². The summed E-state index contributed by atoms with van der Waals surface area (Å²) in [5.41, 5.74) is 33.8. The molecule has 22 rings (SSSR count). The van der Waals surface area contributed by atoms with Gasteiger partial charge in [0.25, 0.3) is 0 Å². The molecule has 22 aromatic rings. The fourth-order valence-electron chi connectivity index (χ4n) is 17.9. The third-order valence-electron chi connectivity index (χ3n) is 24.9. The predicted molar refractivity (Wildman–Crippen MR) is 551 cm³/mol. The van der Waals surface area contributed by atoms with Crippen LogP contribution >= 0.6 is 0 Å². The van der Waals surface area contributed by atoms with Gasteiger partial charge < -0.3 is 0 Å². The summed E-state index contributed by atoms with van der Waals surface area (Å²) >= 11 is 0. The Morgan fingerprint density at radius 2 is 0.382 bits per heavy atom. The first-order valence-corrected chi connectivity index (χ1v) is 45.8. The first-order valence-electron chi connectivity index (χ1n) is 45.8. The molecule has 0 saturated carbocycles. The maximum atomic E-state index is 5.18. The lowest BCUT2D eigenvalue weighted by Gasteiger charge is -2.19. The third kappa shape index (κ3) is 18.5. The first kappa shape index (κ1) is 83.6. The van der Waals surface area contributed by atoms with Crippen LogP contribution in [0.4, 0.5) is 0 Å². The van der Waals surface area contributed by atoms with E-state index in [1.54, 1.807) is 0 Å². The standard InChI is InChI=1S/C124H86N12/c1-8-28-85(29-9-1)86-50-52-87(53-51-86)102-72-75-127-115(82-102)105-70-71-109(112(81-105)92-58-66-101(67-59-92)124-135-120(97-38-18-6-19-39-97)130-121(136-124)98-40-20-7-21-41-98)108-43-23-22-42-107(108)106-77-83(46-48-88-60-68-103(113-44-24-26-73-125-113)79-110(88)90-54-62-99(63-55-90)122-131-116(93-30-10-2-11-31-93)128-117(132-122)94-32-12-3-13-33-94)76-84(78-106)47-49-89-61-69-104(114-45-25-27-74-126-114)80-111(89)91-56-64-100(65-57-91)123-133-118(95-34-14-4-15-35-95)129-119(134-123)96-36-16-5-17-37-96/h1-45,50-82H,46-49H2. The van der Waals surface area contributed by atoms with E-state index in [9.17, 15) is 0 Å². The highest BCUT2D eigenvalue weighted by Crippen LogP contribution is 2.44. The van der Waals surface area contributed by atoms with Gasteiger partial charge in [-0.25, -0.2) is 44.9 Å². The van der Waals surface area contributed by atoms with Gasteiger partial charge in [-0.2, -0.15) is 0 Å². The second kappa shape index (κ2) is 38.6. The molecule has 0 amide bonds. The van der Waals surface area contributed by atoms with Crippen LogP contribution in [0.5, 0.6) is 0 Å². The number of nitrogens with zero attached hydrogens (tertiary/aromatic N) is 12. The highest BCUT2D eigenvalue weighted by Gasteiger charge is 2.23. The number of rotatable bonds is 25. The highest BCUT2D eigenvalue weighted by molar-refractivity contribution is 5.95. The molecule has 0 aliphatic heterocycles. The van der Waals surface area contributed by atoms with Crippen LogP contribution in [0.15, 0.2) is 474 Å². The predicted octanol–water partition coefficient (Wildman–Crippen LogP) is 29.7. The minimum absolute atomic E-state index is 0.576. The number of aromatic nitrogens is 12. The summed E-state index contributed by atoms with van der Waals surface area (Å²) in [5.74, 6) is 5.40. The average molecular weight is 1740 g/mol. The van der Waals surface area contributed by atoms with Crippen molar-refractivity contribution in [3.8, 4) is 214 Å². The fraction of sp³-hybridized carbons (Fsp3) is 0.0323. The quantitative estimate of drug-likeness (QED) is 0.0535. The molecule has 0 unspecified atom stereocenters. The molecule has 0 spiro atoms. The molecule has 0 radical (unpaired) electrons. The molecule has 642 valence electrons. The molecule has 0 fully saturated rings. The van der Waals surface area contributed by atoms with Crippen LogP contribution in [0.1, 0.15) is 22.3 Å². The second-order valence-corrected chi connectivity index (χ2v) is 33.7. The van der Waals surface area contributed by atoms with Crippen molar-refractivity contribution in [1.82, 2.24) is 59.8 Å². The summed E-state index contributed by atoms with van der Waals surface area (Å²) in [5, 5.41) is 0. The molecule has 0 aliphatic rings. The third-order valence-corrected chi connectivity index (χ3v) is 24.9. The smallest absolute Gasteiger partial charge is 0.164 e. The molecule has 0 aliphatic carbocycles. The molecule has 136 heavy (non-hydrogen) atoms. The fourth-order valence-corrected chi connectivity index (χ4v) is 17.9. The molecule has 0 N–H and O–H groups in total. The average Bonchev–Trinajstić information content (AvgIpc) is 0.769. The van der Waals surface area contributed by atoms with Gasteiger partial charge in [0.15, 0.2) is 52.4 Å². The molecule has 16 aromatic carbocycles. The number of benzene rings is 16. The zero-order valence-electron chi connectivity index (χ0n) is 74.2. The van der Waals surface area contributed by atoms with E-state index in [-0.39, 0.29) is 0 Å². The summed E-state index contributed by atoms with van der Waals surface area (Å²) in [6, 6.07) is 159. The van der Waals surface area contributed by atoms with Crippen LogP contribution in [0, 0.1) is 0 Å². The minimum Gasteiger partial charge on any atom is -0.256 e. The molecule has 0 atom stereocenters. The Balaban J connectivity index is 0.663. The molecular formula is C124H86N12. The van der Waals surface area contributed by atoms with E-state index in [0.29, 0.717) is 52.4 Å². The van der Waals surface area contributed by atoms with E-state index in [1.807, 2.05) is 225 Å². The van der Waals surface area contributed by atoms with Crippen molar-refractivity contribution >= 4 is 0 Å². The van der Waals surface area contributed by atoms with Crippen LogP contribution < -0.4 is 0 Å². The largest absolute Gasteiger partial charge is 0.256 e. The summed E-state index contributed by atoms with van der Waals surface area (Å²) < 4.78 is 0. The van der Waals surface area contributed by atoms with Crippen molar-refractivity contribution in [3.63, 3.8) is 0 Å². The van der Waals surface area contributed by atoms with E-state index in [2.05, 4.69) is 249 Å². The highest BCUT2D eigenvalue weighted by atomic mass is 15.1. The van der Waals surface area contributed by atoms with Crippen molar-refractivity contribution in [2.45, 2.75) is 25.7 Å². The first-order chi connectivity index (χ1) is 67.3. The van der Waals surface area contributed by atoms with Crippen LogP contribution in [0.3, 0.4) is 0 Å². The van der Waals surface area contributed by atoms with E-state index < -0.39 is 0 Å². The van der Waals surface area contributed by atoms with Crippen molar-refractivity contribution in [1.29, 1.82) is 0 Å². The van der Waals surface area contributed by atoms with Crippen molar-refractivity contribution in [2.24, 2.45) is 0 Å². The maximum absolute atomic E-state index is 5.18. The Bertz CT molecular complexity index is 7540. The number of hydrogen-bond donors (Lipinski definition) is 0. The van der Waals surface area contributed by atoms with Gasteiger partial charge in [-0.05, 0) is 180 Å². The van der Waals surface area contributed by atoms with Crippen LogP contribution in [0.2, 0.25) is 0 Å². The zero-order valence-corrected chi connectivity index (χ0v) is 74.2. The van der Waals surface area contributed by atoms with Gasteiger partial charge in [-0.1, -0.05) is 400 Å². The van der Waals surface area contributed by atoms with Crippen molar-refractivity contribution < 1.29 is 0 Å². The topological polar surface area (TPSA) is 155 Å². The molecule has 0 saturated heterocycles. The van der Waals surface area contributed by atoms with Gasteiger partial charge >= 0.3 is 0 Å². The van der Waals surface area contributed by atoms with Gasteiger partial charge in [0, 0.05) is 85.4 Å². The maximum Gasteiger partial charge on any atom is 0.164 e. The second-order valence-electron chi connectivity index (χ2n) is 33.7. The summed E-state index contributed by atoms with van der Waals surface area (Å²) in [7, 11) is 0. The Morgan fingerprint density at radius 3 is 0.743 bits per heavy atom. The summed E-state index contributed by atoms with van der Waals surface area (Å²) in [6.07, 6.45) is 8.54. The number of hydrogen-bond acceptors (Lipinski definition) is 12. The molecule has 12 heteroatoms. The van der Waals surface area contributed by atoms with Gasteiger partial charge in [-0.15, -0.1) is 0 Å². The van der Waals surface area contributed by atoms with Crippen LogP contribution in [-0.2, 0) is 25.7 Å². The molecule has 0 bridgehead atoms. The monoisotopic (exact) mass is 1740 g/mol. The zero-order chi connectivity index (χ0) is 90.7. The Hall–Kier alpha value is -18.0. The van der Waals surface area contributed by atoms with E-state index >= 15 is 0 Å². The van der Waals surface area contributed by atoms with Crippen LogP contribution in [-0.4, -0.2) is 59.8 Å². The van der Waals surface area contributed by atoms with Gasteiger partial charge in [-0.3, -0.25) is 15.0 Å². The Kier molecular flexibility index (Phi) is 23.7. The van der Waals surface area contributed by atoms with Crippen LogP contribution in [0.25, 0.3) is 214 Å². The molecular weight excluding hydrogens is 1660 g/mol. The SMILES string of the molecule is c1ccc(-c2ccc(-c3ccnc(-c4ccc(-c5ccccc5-c5cc(CCc6ccc(-c7ccccn7)cc6-c6ccc(-c7nc(-c8ccccc8)nc(-c8ccccc8)n7)cc6)cc(CCc6ccc(-c7ccccn7)cc6-c6ccc(-c7nc(-c8ccccc8)nc(-c8ccccc8)n7)cc6)c5)c(-c5ccc(-c6nc(-c7ccccc7)nc(-c7ccccc7)n6)cc5)c4)c3)cc2)cc1. The minimum atomic E-state index is 0.576. The number of aryl methyl sites for hydroxylation is 4. The Labute approximate surface area is 790 Å². The molecule has 6 aromatic heterocycles. The van der Waals surface area contributed by atoms with Gasteiger partial charge in [0.1, 0.15) is 0 Å². The normalized spacial score (nSPS) is 11.2.